The second kappa shape index (κ2) is 11.1. The molecule has 2 amide bonds. The normalized spacial score (nSPS) is 19.8. The van der Waals surface area contributed by atoms with Crippen molar-refractivity contribution in [1.82, 2.24) is 9.88 Å². The summed E-state index contributed by atoms with van der Waals surface area (Å²) in [7, 11) is 1.57. The highest BCUT2D eigenvalue weighted by Gasteiger charge is 2.31. The third-order valence-electron chi connectivity index (χ3n) is 7.42. The maximum atomic E-state index is 14.7. The standard InChI is InChI=1S/C30H28ClF2N3O3/c1-17-4-3-5-26(36-13-11-19(15-27(36)37)28-23(32)9-8-22(31)29(28)33)25-14-18(10-12-34-25)21-7-6-20(39-2)16-24(21)35-30(17)38/h6-10,12,14-17,26H,3-5,11,13H2,1-2H3,(H,35,38)/t17?,26-/m0/s1. The third kappa shape index (κ3) is 5.39. The summed E-state index contributed by atoms with van der Waals surface area (Å²) >= 11 is 5.88. The van der Waals surface area contributed by atoms with Crippen LogP contribution in [0.5, 0.6) is 5.75 Å². The predicted octanol–water partition coefficient (Wildman–Crippen LogP) is 6.80. The number of nitrogens with one attached hydrogen (secondary N) is 1. The van der Waals surface area contributed by atoms with Crippen LogP contribution in [0.4, 0.5) is 14.5 Å². The second-order valence-corrected chi connectivity index (χ2v) is 10.3. The number of carbonyl (C=O) groups is 2. The molecule has 3 aromatic rings. The van der Waals surface area contributed by atoms with Crippen LogP contribution < -0.4 is 10.1 Å². The SMILES string of the molecule is COc1ccc2c(c1)NC(=O)C(C)CCC[C@H](N1CCC(c3c(F)ccc(Cl)c3F)=CC1=O)c1cc-2ccn1. The molecule has 9 heteroatoms. The summed E-state index contributed by atoms with van der Waals surface area (Å²) in [4.78, 5) is 32.7. The molecule has 5 rings (SSSR count). The molecule has 3 heterocycles. The number of hydrogen-bond acceptors (Lipinski definition) is 4. The van der Waals surface area contributed by atoms with Crippen LogP contribution in [0, 0.1) is 17.6 Å². The summed E-state index contributed by atoms with van der Waals surface area (Å²) in [6.45, 7) is 2.14. The minimum atomic E-state index is -0.868. The maximum Gasteiger partial charge on any atom is 0.247 e. The lowest BCUT2D eigenvalue weighted by molar-refractivity contribution is -0.129. The van der Waals surface area contributed by atoms with E-state index in [0.29, 0.717) is 36.4 Å². The van der Waals surface area contributed by atoms with Gasteiger partial charge in [0.05, 0.1) is 35.1 Å². The number of fused-ring (bicyclic) bond motifs is 4. The van der Waals surface area contributed by atoms with Gasteiger partial charge in [-0.1, -0.05) is 24.9 Å². The summed E-state index contributed by atoms with van der Waals surface area (Å²) in [6.07, 6.45) is 5.11. The molecule has 202 valence electrons. The number of hydrogen-bond donors (Lipinski definition) is 1. The Bertz CT molecular complexity index is 1480. The molecule has 39 heavy (non-hydrogen) atoms. The first-order valence-electron chi connectivity index (χ1n) is 12.9. The molecule has 6 nitrogen and oxygen atoms in total. The van der Waals surface area contributed by atoms with Crippen molar-refractivity contribution >= 4 is 34.7 Å². The van der Waals surface area contributed by atoms with Crippen LogP contribution in [-0.2, 0) is 9.59 Å². The van der Waals surface area contributed by atoms with Crippen molar-refractivity contribution < 1.29 is 23.1 Å². The van der Waals surface area contributed by atoms with Crippen LogP contribution >= 0.6 is 11.6 Å². The minimum absolute atomic E-state index is 0.0943. The number of amides is 2. The first-order chi connectivity index (χ1) is 18.8. The van der Waals surface area contributed by atoms with Crippen molar-refractivity contribution in [2.24, 2.45) is 5.92 Å². The van der Waals surface area contributed by atoms with Crippen LogP contribution in [0.1, 0.15) is 49.9 Å². The van der Waals surface area contributed by atoms with E-state index in [-0.39, 0.29) is 52.9 Å². The van der Waals surface area contributed by atoms with E-state index in [1.54, 1.807) is 24.3 Å². The predicted molar refractivity (Wildman–Crippen MR) is 146 cm³/mol. The number of rotatable bonds is 3. The van der Waals surface area contributed by atoms with Gasteiger partial charge in [-0.3, -0.25) is 14.6 Å². The first-order valence-corrected chi connectivity index (χ1v) is 13.2. The van der Waals surface area contributed by atoms with Gasteiger partial charge in [-0.05, 0) is 66.8 Å². The number of ether oxygens (including phenoxy) is 1. The van der Waals surface area contributed by atoms with E-state index >= 15 is 0 Å². The van der Waals surface area contributed by atoms with E-state index in [1.165, 1.54) is 6.08 Å². The average Bonchev–Trinajstić information content (AvgIpc) is 2.93. The Morgan fingerprint density at radius 1 is 1.10 bits per heavy atom. The molecule has 1 N–H and O–H groups in total. The molecule has 0 aliphatic carbocycles. The molecule has 2 atom stereocenters. The maximum absolute atomic E-state index is 14.7. The fourth-order valence-corrected chi connectivity index (χ4v) is 5.41. The lowest BCUT2D eigenvalue weighted by Crippen LogP contribution is -2.38. The molecular formula is C30H28ClF2N3O3. The van der Waals surface area contributed by atoms with Gasteiger partial charge in [0.2, 0.25) is 11.8 Å². The number of anilines is 1. The number of methoxy groups -OCH3 is 1. The lowest BCUT2D eigenvalue weighted by atomic mass is 9.92. The van der Waals surface area contributed by atoms with Crippen LogP contribution in [0.2, 0.25) is 5.02 Å². The van der Waals surface area contributed by atoms with Gasteiger partial charge in [0.1, 0.15) is 11.6 Å². The van der Waals surface area contributed by atoms with Crippen molar-refractivity contribution in [3.63, 3.8) is 0 Å². The van der Waals surface area contributed by atoms with Gasteiger partial charge in [-0.25, -0.2) is 8.78 Å². The van der Waals surface area contributed by atoms with Gasteiger partial charge < -0.3 is 15.0 Å². The van der Waals surface area contributed by atoms with Crippen LogP contribution in [0.25, 0.3) is 16.7 Å². The fraction of sp³-hybridized carbons (Fsp3) is 0.300. The molecule has 0 saturated heterocycles. The largest absolute Gasteiger partial charge is 0.497 e. The summed E-state index contributed by atoms with van der Waals surface area (Å²) in [5.74, 6) is -1.71. The summed E-state index contributed by atoms with van der Waals surface area (Å²) in [5.41, 5.74) is 2.99. The molecule has 0 radical (unpaired) electrons. The highest BCUT2D eigenvalue weighted by Crippen LogP contribution is 2.38. The van der Waals surface area contributed by atoms with E-state index in [1.807, 2.05) is 31.2 Å². The van der Waals surface area contributed by atoms with E-state index in [0.717, 1.165) is 23.3 Å². The van der Waals surface area contributed by atoms with Crippen molar-refractivity contribution in [3.05, 3.63) is 82.7 Å². The molecule has 2 aliphatic rings. The summed E-state index contributed by atoms with van der Waals surface area (Å²) < 4.78 is 34.6. The van der Waals surface area contributed by atoms with Crippen molar-refractivity contribution in [2.75, 3.05) is 19.0 Å². The monoisotopic (exact) mass is 551 g/mol. The van der Waals surface area contributed by atoms with Crippen molar-refractivity contribution in [1.29, 1.82) is 0 Å². The molecule has 2 aliphatic heterocycles. The lowest BCUT2D eigenvalue weighted by Gasteiger charge is -2.34. The van der Waals surface area contributed by atoms with Gasteiger partial charge in [0, 0.05) is 36.4 Å². The Kier molecular flexibility index (Phi) is 7.66. The average molecular weight is 552 g/mol. The molecule has 2 aromatic carbocycles. The zero-order chi connectivity index (χ0) is 27.7. The number of halogens is 3. The molecule has 2 bridgehead atoms. The van der Waals surface area contributed by atoms with E-state index < -0.39 is 11.6 Å². The molecule has 0 saturated carbocycles. The second-order valence-electron chi connectivity index (χ2n) is 9.89. The van der Waals surface area contributed by atoms with Gasteiger partial charge >= 0.3 is 0 Å². The third-order valence-corrected chi connectivity index (χ3v) is 7.72. The highest BCUT2D eigenvalue weighted by molar-refractivity contribution is 6.31. The molecule has 0 fully saturated rings. The minimum Gasteiger partial charge on any atom is -0.497 e. The summed E-state index contributed by atoms with van der Waals surface area (Å²) in [5, 5.41) is 2.85. The van der Waals surface area contributed by atoms with E-state index in [9.17, 15) is 18.4 Å². The Labute approximate surface area is 230 Å². The quantitative estimate of drug-likeness (QED) is 0.363. The number of benzene rings is 2. The van der Waals surface area contributed by atoms with Crippen LogP contribution in [-0.4, -0.2) is 35.4 Å². The Morgan fingerprint density at radius 2 is 1.92 bits per heavy atom. The zero-order valence-electron chi connectivity index (χ0n) is 21.6. The summed E-state index contributed by atoms with van der Waals surface area (Å²) in [6, 6.07) is 11.2. The topological polar surface area (TPSA) is 71.5 Å². The number of nitrogens with zero attached hydrogens (tertiary/aromatic N) is 2. The molecular weight excluding hydrogens is 524 g/mol. The molecule has 0 spiro atoms. The van der Waals surface area contributed by atoms with E-state index in [2.05, 4.69) is 10.3 Å². The number of pyridine rings is 1. The van der Waals surface area contributed by atoms with Gasteiger partial charge in [-0.15, -0.1) is 0 Å². The van der Waals surface area contributed by atoms with Crippen LogP contribution in [0.15, 0.2) is 54.7 Å². The van der Waals surface area contributed by atoms with Gasteiger partial charge in [0.25, 0.3) is 0 Å². The number of aromatic nitrogens is 1. The Morgan fingerprint density at radius 3 is 2.69 bits per heavy atom. The Hall–Kier alpha value is -3.78. The zero-order valence-corrected chi connectivity index (χ0v) is 22.4. The number of carbonyl (C=O) groups excluding carboxylic acids is 2. The smallest absolute Gasteiger partial charge is 0.247 e. The molecule has 1 unspecified atom stereocenters. The van der Waals surface area contributed by atoms with Crippen molar-refractivity contribution in [2.45, 2.75) is 38.6 Å². The van der Waals surface area contributed by atoms with Crippen LogP contribution in [0.3, 0.4) is 0 Å². The van der Waals surface area contributed by atoms with E-state index in [4.69, 9.17) is 16.3 Å². The van der Waals surface area contributed by atoms with Crippen molar-refractivity contribution in [3.8, 4) is 16.9 Å². The highest BCUT2D eigenvalue weighted by atomic mass is 35.5. The van der Waals surface area contributed by atoms with Gasteiger partial charge in [-0.2, -0.15) is 0 Å². The fourth-order valence-electron chi connectivity index (χ4n) is 5.25. The Balaban J connectivity index is 1.53. The molecule has 1 aromatic heterocycles. The van der Waals surface area contributed by atoms with Gasteiger partial charge in [0.15, 0.2) is 5.82 Å². The first kappa shape index (κ1) is 26.8.